The number of aromatic nitrogens is 5. The van der Waals surface area contributed by atoms with Crippen LogP contribution in [0.5, 0.6) is 0 Å². The molecule has 2 heterocycles. The monoisotopic (exact) mass is 404 g/mol. The van der Waals surface area contributed by atoms with Crippen molar-refractivity contribution in [3.05, 3.63) is 76.9 Å². The van der Waals surface area contributed by atoms with E-state index in [1.54, 1.807) is 12.1 Å². The van der Waals surface area contributed by atoms with Gasteiger partial charge in [-0.1, -0.05) is 35.9 Å². The van der Waals surface area contributed by atoms with Crippen LogP contribution in [0.3, 0.4) is 0 Å². The minimum absolute atomic E-state index is 0.268. The van der Waals surface area contributed by atoms with Gasteiger partial charge in [0.1, 0.15) is 11.1 Å². The molecule has 0 radical (unpaired) electrons. The largest absolute Gasteiger partial charge is 0.270 e. The van der Waals surface area contributed by atoms with Gasteiger partial charge in [-0.05, 0) is 60.6 Å². The lowest BCUT2D eigenvalue weighted by molar-refractivity contribution is 0.868. The Morgan fingerprint density at radius 1 is 0.929 bits per heavy atom. The summed E-state index contributed by atoms with van der Waals surface area (Å²) < 4.78 is 1.96. The van der Waals surface area contributed by atoms with Gasteiger partial charge < -0.3 is 0 Å². The summed E-state index contributed by atoms with van der Waals surface area (Å²) in [5.41, 5.74) is 3.24. The number of hydrogen-bond acceptors (Lipinski definition) is 6. The zero-order chi connectivity index (χ0) is 19.5. The van der Waals surface area contributed by atoms with Crippen molar-refractivity contribution >= 4 is 23.4 Å². The van der Waals surface area contributed by atoms with E-state index in [4.69, 9.17) is 16.9 Å². The topological polar surface area (TPSA) is 80.3 Å². The van der Waals surface area contributed by atoms with Gasteiger partial charge in [0.25, 0.3) is 0 Å². The molecule has 0 aliphatic rings. The average molecular weight is 405 g/mol. The van der Waals surface area contributed by atoms with Crippen LogP contribution in [-0.2, 0) is 0 Å². The minimum Gasteiger partial charge on any atom is -0.270 e. The minimum atomic E-state index is 0.268. The second-order valence-corrected chi connectivity index (χ2v) is 7.33. The highest BCUT2D eigenvalue weighted by molar-refractivity contribution is 7.99. The summed E-state index contributed by atoms with van der Waals surface area (Å²) in [5, 5.41) is 27.6. The van der Waals surface area contributed by atoms with Crippen molar-refractivity contribution < 1.29 is 0 Å². The predicted molar refractivity (Wildman–Crippen MR) is 107 cm³/mol. The number of halogens is 1. The van der Waals surface area contributed by atoms with Crippen LogP contribution in [0.2, 0.25) is 5.02 Å². The lowest BCUT2D eigenvalue weighted by Gasteiger charge is -2.11. The molecule has 2 aromatic heterocycles. The molecule has 0 fully saturated rings. The fourth-order valence-corrected chi connectivity index (χ4v) is 3.58. The number of rotatable bonds is 4. The first-order valence-electron chi connectivity index (χ1n) is 8.35. The molecular weight excluding hydrogens is 392 g/mol. The highest BCUT2D eigenvalue weighted by Gasteiger charge is 2.18. The van der Waals surface area contributed by atoms with Crippen molar-refractivity contribution in [3.63, 3.8) is 0 Å². The van der Waals surface area contributed by atoms with Crippen LogP contribution in [0.15, 0.2) is 70.8 Å². The normalized spacial score (nSPS) is 10.6. The summed E-state index contributed by atoms with van der Waals surface area (Å²) in [7, 11) is 0. The molecule has 136 valence electrons. The van der Waals surface area contributed by atoms with Crippen LogP contribution in [-0.4, -0.2) is 25.0 Å². The number of nitriles is 1. The number of hydrogen-bond donors (Lipinski definition) is 0. The maximum Gasteiger partial charge on any atom is 0.202 e. The van der Waals surface area contributed by atoms with Crippen molar-refractivity contribution in [2.24, 2.45) is 0 Å². The molecule has 6 nitrogen and oxygen atoms in total. The van der Waals surface area contributed by atoms with Gasteiger partial charge in [0.05, 0.1) is 0 Å². The Balaban J connectivity index is 1.83. The molecule has 0 amide bonds. The Labute approximate surface area is 170 Å². The van der Waals surface area contributed by atoms with Crippen LogP contribution in [0.25, 0.3) is 17.1 Å². The first kappa shape index (κ1) is 18.2. The van der Waals surface area contributed by atoms with E-state index in [-0.39, 0.29) is 5.69 Å². The first-order chi connectivity index (χ1) is 13.7. The van der Waals surface area contributed by atoms with Gasteiger partial charge in [-0.25, -0.2) is 0 Å². The smallest absolute Gasteiger partial charge is 0.202 e. The summed E-state index contributed by atoms with van der Waals surface area (Å²) in [6.45, 7) is 2.04. The Hall–Kier alpha value is -3.21. The van der Waals surface area contributed by atoms with Gasteiger partial charge >= 0.3 is 0 Å². The maximum atomic E-state index is 8.89. The standard InChI is InChI=1S/C20H13ClN6S/c1-13-4-2-3-5-17(13)19-25-26-20(27(19)16-9-6-14(21)7-10-16)28-18-11-8-15(12-22)23-24-18/h2-11H,1H3. The lowest BCUT2D eigenvalue weighted by Crippen LogP contribution is -2.01. The number of aryl methyl sites for hydroxylation is 1. The van der Waals surface area contributed by atoms with Crippen LogP contribution >= 0.6 is 23.4 Å². The van der Waals surface area contributed by atoms with Gasteiger partial charge in [0.2, 0.25) is 5.16 Å². The van der Waals surface area contributed by atoms with Crippen molar-refractivity contribution in [2.45, 2.75) is 17.1 Å². The summed E-state index contributed by atoms with van der Waals surface area (Å²) in [6, 6.07) is 20.8. The molecule has 0 aliphatic carbocycles. The average Bonchev–Trinajstić information content (AvgIpc) is 3.13. The first-order valence-corrected chi connectivity index (χ1v) is 9.54. The van der Waals surface area contributed by atoms with Crippen LogP contribution in [0, 0.1) is 18.3 Å². The van der Waals surface area contributed by atoms with E-state index in [1.165, 1.54) is 11.8 Å². The number of nitrogens with zero attached hydrogens (tertiary/aromatic N) is 6. The summed E-state index contributed by atoms with van der Waals surface area (Å²) in [4.78, 5) is 0. The van der Waals surface area contributed by atoms with E-state index in [9.17, 15) is 0 Å². The van der Waals surface area contributed by atoms with Gasteiger partial charge in [0, 0.05) is 16.3 Å². The fraction of sp³-hybridized carbons (Fsp3) is 0.0500. The molecule has 0 aliphatic heterocycles. The zero-order valence-corrected chi connectivity index (χ0v) is 16.3. The summed E-state index contributed by atoms with van der Waals surface area (Å²) in [5.74, 6) is 0.726. The van der Waals surface area contributed by atoms with Gasteiger partial charge in [-0.3, -0.25) is 4.57 Å². The molecule has 4 rings (SSSR count). The Morgan fingerprint density at radius 2 is 1.71 bits per heavy atom. The van der Waals surface area contributed by atoms with E-state index in [0.717, 1.165) is 22.6 Å². The van der Waals surface area contributed by atoms with Gasteiger partial charge in [-0.2, -0.15) is 5.26 Å². The molecule has 0 N–H and O–H groups in total. The summed E-state index contributed by atoms with van der Waals surface area (Å²) >= 11 is 7.39. The summed E-state index contributed by atoms with van der Waals surface area (Å²) in [6.07, 6.45) is 0. The van der Waals surface area contributed by atoms with Crippen molar-refractivity contribution in [1.29, 1.82) is 5.26 Å². The molecule has 0 spiro atoms. The predicted octanol–water partition coefficient (Wildman–Crippen LogP) is 4.71. The van der Waals surface area contributed by atoms with E-state index in [1.807, 2.05) is 66.1 Å². The molecule has 4 aromatic rings. The molecule has 0 saturated heterocycles. The van der Waals surface area contributed by atoms with Crippen molar-refractivity contribution in [2.75, 3.05) is 0 Å². The van der Waals surface area contributed by atoms with E-state index in [2.05, 4.69) is 20.4 Å². The molecule has 0 bridgehead atoms. The van der Waals surface area contributed by atoms with Crippen LogP contribution in [0.1, 0.15) is 11.3 Å². The molecule has 0 saturated carbocycles. The van der Waals surface area contributed by atoms with Gasteiger partial charge in [0.15, 0.2) is 11.5 Å². The molecule has 0 unspecified atom stereocenters. The second-order valence-electron chi connectivity index (χ2n) is 5.90. The number of benzene rings is 2. The van der Waals surface area contributed by atoms with E-state index < -0.39 is 0 Å². The molecule has 28 heavy (non-hydrogen) atoms. The maximum absolute atomic E-state index is 8.89. The Kier molecular flexibility index (Phi) is 5.06. The van der Waals surface area contributed by atoms with Crippen molar-refractivity contribution in [1.82, 2.24) is 25.0 Å². The third kappa shape index (κ3) is 3.60. The highest BCUT2D eigenvalue weighted by Crippen LogP contribution is 2.32. The van der Waals surface area contributed by atoms with E-state index in [0.29, 0.717) is 15.2 Å². The van der Waals surface area contributed by atoms with Gasteiger partial charge in [-0.15, -0.1) is 20.4 Å². The SMILES string of the molecule is Cc1ccccc1-c1nnc(Sc2ccc(C#N)nn2)n1-c1ccc(Cl)cc1. The van der Waals surface area contributed by atoms with Crippen LogP contribution < -0.4 is 0 Å². The Bertz CT molecular complexity index is 1160. The lowest BCUT2D eigenvalue weighted by atomic mass is 10.1. The quantitative estimate of drug-likeness (QED) is 0.490. The third-order valence-electron chi connectivity index (χ3n) is 4.05. The second kappa shape index (κ2) is 7.80. The molecule has 8 heteroatoms. The van der Waals surface area contributed by atoms with E-state index >= 15 is 0 Å². The fourth-order valence-electron chi connectivity index (χ4n) is 2.68. The molecule has 0 atom stereocenters. The Morgan fingerprint density at radius 3 is 2.39 bits per heavy atom. The van der Waals surface area contributed by atoms with Crippen LogP contribution in [0.4, 0.5) is 0 Å². The third-order valence-corrected chi connectivity index (χ3v) is 5.18. The highest BCUT2D eigenvalue weighted by atomic mass is 35.5. The molecule has 2 aromatic carbocycles. The zero-order valence-electron chi connectivity index (χ0n) is 14.7. The molecular formula is C20H13ClN6S. The van der Waals surface area contributed by atoms with Crippen molar-refractivity contribution in [3.8, 4) is 23.1 Å².